The van der Waals surface area contributed by atoms with E-state index in [2.05, 4.69) is 15.8 Å². The van der Waals surface area contributed by atoms with Crippen LogP contribution in [-0.2, 0) is 20.9 Å². The van der Waals surface area contributed by atoms with E-state index in [1.807, 2.05) is 55.5 Å². The smallest absolute Gasteiger partial charge is 0.329 e. The number of aryl methyl sites for hydroxylation is 1. The van der Waals surface area contributed by atoms with Crippen LogP contribution < -0.4 is 15.5 Å². The SMILES string of the molecule is Cc1ccc(COc2ccccc2/C=N\NC(=O)C(=O)NC[C@H]2CCCO2)cc1. The molecule has 1 aliphatic heterocycles. The standard InChI is InChI=1S/C22H25N3O4/c1-16-8-10-17(11-9-16)15-29-20-7-3-2-5-18(20)13-24-25-22(27)21(26)23-14-19-6-4-12-28-19/h2-3,5,7-11,13,19H,4,6,12,14-15H2,1H3,(H,23,26)(H,25,27)/b24-13-/t19-/m1/s1. The molecule has 7 nitrogen and oxygen atoms in total. The highest BCUT2D eigenvalue weighted by Crippen LogP contribution is 2.18. The highest BCUT2D eigenvalue weighted by atomic mass is 16.5. The van der Waals surface area contributed by atoms with Gasteiger partial charge >= 0.3 is 11.8 Å². The Bertz CT molecular complexity index is 859. The van der Waals surface area contributed by atoms with E-state index >= 15 is 0 Å². The van der Waals surface area contributed by atoms with Crippen LogP contribution in [0.2, 0.25) is 0 Å². The quantitative estimate of drug-likeness (QED) is 0.428. The summed E-state index contributed by atoms with van der Waals surface area (Å²) >= 11 is 0. The normalized spacial score (nSPS) is 16.0. The number of rotatable bonds is 7. The van der Waals surface area contributed by atoms with Crippen LogP contribution in [0.4, 0.5) is 0 Å². The largest absolute Gasteiger partial charge is 0.488 e. The summed E-state index contributed by atoms with van der Waals surface area (Å²) in [4.78, 5) is 23.7. The summed E-state index contributed by atoms with van der Waals surface area (Å²) in [6, 6.07) is 15.4. The number of ether oxygens (including phenoxy) is 2. The van der Waals surface area contributed by atoms with E-state index in [9.17, 15) is 9.59 Å². The molecule has 0 spiro atoms. The van der Waals surface area contributed by atoms with Crippen molar-refractivity contribution in [2.75, 3.05) is 13.2 Å². The zero-order valence-electron chi connectivity index (χ0n) is 16.4. The topological polar surface area (TPSA) is 89.0 Å². The monoisotopic (exact) mass is 395 g/mol. The molecule has 0 bridgehead atoms. The Morgan fingerprint density at radius 2 is 1.97 bits per heavy atom. The maximum atomic E-state index is 11.9. The zero-order valence-corrected chi connectivity index (χ0v) is 16.4. The molecular formula is C22H25N3O4. The van der Waals surface area contributed by atoms with Gasteiger partial charge in [0.05, 0.1) is 12.3 Å². The Morgan fingerprint density at radius 1 is 1.17 bits per heavy atom. The van der Waals surface area contributed by atoms with Gasteiger partial charge in [-0.1, -0.05) is 42.0 Å². The second kappa shape index (κ2) is 10.4. The fraction of sp³-hybridized carbons (Fsp3) is 0.318. The molecule has 2 N–H and O–H groups in total. The Kier molecular flexibility index (Phi) is 7.35. The first-order valence-corrected chi connectivity index (χ1v) is 9.62. The van der Waals surface area contributed by atoms with Gasteiger partial charge in [-0.3, -0.25) is 9.59 Å². The Hall–Kier alpha value is -3.19. The lowest BCUT2D eigenvalue weighted by Gasteiger charge is -2.10. The molecule has 0 unspecified atom stereocenters. The number of hydrogen-bond acceptors (Lipinski definition) is 5. The summed E-state index contributed by atoms with van der Waals surface area (Å²) in [7, 11) is 0. The Morgan fingerprint density at radius 3 is 2.72 bits per heavy atom. The molecule has 1 aliphatic rings. The average molecular weight is 395 g/mol. The van der Waals surface area contributed by atoms with Crippen LogP contribution in [0.3, 0.4) is 0 Å². The van der Waals surface area contributed by atoms with Crippen molar-refractivity contribution in [1.29, 1.82) is 0 Å². The minimum atomic E-state index is -0.822. The van der Waals surface area contributed by atoms with E-state index < -0.39 is 11.8 Å². The predicted octanol–water partition coefficient (Wildman–Crippen LogP) is 2.32. The first-order valence-electron chi connectivity index (χ1n) is 9.62. The third-order valence-corrected chi connectivity index (χ3v) is 4.52. The molecule has 2 aromatic rings. The highest BCUT2D eigenvalue weighted by molar-refractivity contribution is 6.35. The summed E-state index contributed by atoms with van der Waals surface area (Å²) in [5.74, 6) is -0.923. The number of carbonyl (C=O) groups excluding carboxylic acids is 2. The second-order valence-corrected chi connectivity index (χ2v) is 6.86. The van der Waals surface area contributed by atoms with E-state index in [4.69, 9.17) is 9.47 Å². The molecule has 2 amide bonds. The van der Waals surface area contributed by atoms with Crippen molar-refractivity contribution in [2.24, 2.45) is 5.10 Å². The fourth-order valence-electron chi connectivity index (χ4n) is 2.87. The molecule has 0 saturated carbocycles. The van der Waals surface area contributed by atoms with Crippen LogP contribution >= 0.6 is 0 Å². The zero-order chi connectivity index (χ0) is 20.5. The summed E-state index contributed by atoms with van der Waals surface area (Å²) in [6.45, 7) is 3.48. The number of nitrogens with one attached hydrogen (secondary N) is 2. The summed E-state index contributed by atoms with van der Waals surface area (Å²) in [5, 5.41) is 6.43. The van der Waals surface area contributed by atoms with Crippen LogP contribution in [0.5, 0.6) is 5.75 Å². The van der Waals surface area contributed by atoms with Crippen molar-refractivity contribution in [3.05, 3.63) is 65.2 Å². The molecule has 29 heavy (non-hydrogen) atoms. The summed E-state index contributed by atoms with van der Waals surface area (Å²) < 4.78 is 11.3. The second-order valence-electron chi connectivity index (χ2n) is 6.86. The van der Waals surface area contributed by atoms with Gasteiger partial charge in [0.15, 0.2) is 0 Å². The molecule has 1 heterocycles. The molecule has 1 atom stereocenters. The molecule has 0 radical (unpaired) electrons. The molecule has 1 fully saturated rings. The molecular weight excluding hydrogens is 370 g/mol. The maximum absolute atomic E-state index is 11.9. The minimum Gasteiger partial charge on any atom is -0.488 e. The summed E-state index contributed by atoms with van der Waals surface area (Å²) in [6.07, 6.45) is 3.30. The van der Waals surface area contributed by atoms with Crippen LogP contribution in [0.25, 0.3) is 0 Å². The molecule has 0 aliphatic carbocycles. The van der Waals surface area contributed by atoms with Crippen molar-refractivity contribution < 1.29 is 19.1 Å². The molecule has 0 aromatic heterocycles. The molecule has 7 heteroatoms. The van der Waals surface area contributed by atoms with E-state index in [1.54, 1.807) is 0 Å². The first kappa shape index (κ1) is 20.5. The number of para-hydroxylation sites is 1. The number of nitrogens with zero attached hydrogens (tertiary/aromatic N) is 1. The van der Waals surface area contributed by atoms with Crippen molar-refractivity contribution in [3.63, 3.8) is 0 Å². The van der Waals surface area contributed by atoms with Gasteiger partial charge in [-0.15, -0.1) is 0 Å². The van der Waals surface area contributed by atoms with Crippen molar-refractivity contribution >= 4 is 18.0 Å². The number of hydrazone groups is 1. The van der Waals surface area contributed by atoms with Gasteiger partial charge in [-0.25, -0.2) is 5.43 Å². The van der Waals surface area contributed by atoms with E-state index in [0.717, 1.165) is 18.4 Å². The van der Waals surface area contributed by atoms with E-state index in [0.29, 0.717) is 31.1 Å². The third-order valence-electron chi connectivity index (χ3n) is 4.52. The minimum absolute atomic E-state index is 0.0205. The summed E-state index contributed by atoms with van der Waals surface area (Å²) in [5.41, 5.74) is 5.18. The van der Waals surface area contributed by atoms with Gasteiger partial charge in [0.1, 0.15) is 12.4 Å². The van der Waals surface area contributed by atoms with E-state index in [1.165, 1.54) is 11.8 Å². The maximum Gasteiger partial charge on any atom is 0.329 e. The van der Waals surface area contributed by atoms with Gasteiger partial charge in [0.2, 0.25) is 0 Å². The van der Waals surface area contributed by atoms with Crippen LogP contribution in [0.15, 0.2) is 53.6 Å². The number of amides is 2. The number of benzene rings is 2. The molecule has 2 aromatic carbocycles. The molecule has 152 valence electrons. The van der Waals surface area contributed by atoms with Gasteiger partial charge in [-0.2, -0.15) is 5.10 Å². The van der Waals surface area contributed by atoms with Crippen molar-refractivity contribution in [3.8, 4) is 5.75 Å². The first-order chi connectivity index (χ1) is 14.1. The van der Waals surface area contributed by atoms with Crippen LogP contribution in [-0.4, -0.2) is 37.3 Å². The lowest BCUT2D eigenvalue weighted by Crippen LogP contribution is -2.41. The van der Waals surface area contributed by atoms with Gasteiger partial charge in [0.25, 0.3) is 0 Å². The highest BCUT2D eigenvalue weighted by Gasteiger charge is 2.18. The third kappa shape index (κ3) is 6.43. The fourth-order valence-corrected chi connectivity index (χ4v) is 2.87. The van der Waals surface area contributed by atoms with Crippen LogP contribution in [0.1, 0.15) is 29.5 Å². The lowest BCUT2D eigenvalue weighted by molar-refractivity contribution is -0.139. The van der Waals surface area contributed by atoms with Gasteiger partial charge in [0, 0.05) is 18.7 Å². The lowest BCUT2D eigenvalue weighted by atomic mass is 10.1. The number of carbonyl (C=O) groups is 2. The predicted molar refractivity (Wildman–Crippen MR) is 110 cm³/mol. The van der Waals surface area contributed by atoms with E-state index in [-0.39, 0.29) is 6.10 Å². The van der Waals surface area contributed by atoms with Crippen LogP contribution in [0, 0.1) is 6.92 Å². The van der Waals surface area contributed by atoms with Gasteiger partial charge < -0.3 is 14.8 Å². The Balaban J connectivity index is 1.49. The van der Waals surface area contributed by atoms with Gasteiger partial charge in [-0.05, 0) is 37.5 Å². The Labute approximate surface area is 170 Å². The average Bonchev–Trinajstić information content (AvgIpc) is 3.26. The van der Waals surface area contributed by atoms with Crippen molar-refractivity contribution in [1.82, 2.24) is 10.7 Å². The molecule has 1 saturated heterocycles. The number of hydrogen-bond donors (Lipinski definition) is 2. The van der Waals surface area contributed by atoms with Crippen molar-refractivity contribution in [2.45, 2.75) is 32.5 Å². The molecule has 3 rings (SSSR count).